The number of hydrogen-bond donors (Lipinski definition) is 2. The maximum absolute atomic E-state index is 13.6. The average molecular weight is 534 g/mol. The van der Waals surface area contributed by atoms with Crippen molar-refractivity contribution in [3.63, 3.8) is 0 Å². The number of nitrogens with one attached hydrogen (secondary N) is 1. The van der Waals surface area contributed by atoms with Crippen molar-refractivity contribution in [2.24, 2.45) is 0 Å². The summed E-state index contributed by atoms with van der Waals surface area (Å²) in [4.78, 5) is 21.2. The molecule has 1 aliphatic heterocycles. The molecule has 0 aliphatic carbocycles. The number of aromatic amines is 1. The molecular formula is C28H35N7O4. The van der Waals surface area contributed by atoms with Crippen LogP contribution in [0.4, 0.5) is 5.69 Å². The first-order chi connectivity index (χ1) is 18.7. The lowest BCUT2D eigenvalue weighted by Crippen LogP contribution is -2.49. The Morgan fingerprint density at radius 1 is 1.03 bits per heavy atom. The van der Waals surface area contributed by atoms with E-state index in [0.717, 1.165) is 30.6 Å². The van der Waals surface area contributed by atoms with E-state index >= 15 is 0 Å². The van der Waals surface area contributed by atoms with Gasteiger partial charge in [0.25, 0.3) is 5.56 Å². The molecule has 0 bridgehead atoms. The minimum atomic E-state index is -0.464. The molecule has 11 heteroatoms. The van der Waals surface area contributed by atoms with Gasteiger partial charge in [-0.1, -0.05) is 6.92 Å². The normalized spacial score (nSPS) is 15.5. The highest BCUT2D eigenvalue weighted by Gasteiger charge is 2.35. The van der Waals surface area contributed by atoms with Crippen LogP contribution in [0.25, 0.3) is 10.9 Å². The van der Waals surface area contributed by atoms with Gasteiger partial charge >= 0.3 is 0 Å². The monoisotopic (exact) mass is 533 g/mol. The Morgan fingerprint density at radius 2 is 1.69 bits per heavy atom. The van der Waals surface area contributed by atoms with Crippen LogP contribution in [0.1, 0.15) is 44.6 Å². The summed E-state index contributed by atoms with van der Waals surface area (Å²) in [5, 5.41) is 23.4. The summed E-state index contributed by atoms with van der Waals surface area (Å²) >= 11 is 0. The van der Waals surface area contributed by atoms with Gasteiger partial charge in [-0.3, -0.25) is 9.69 Å². The summed E-state index contributed by atoms with van der Waals surface area (Å²) in [6.45, 7) is 9.15. The van der Waals surface area contributed by atoms with Gasteiger partial charge in [-0.05, 0) is 67.1 Å². The molecule has 0 spiro atoms. The lowest BCUT2D eigenvalue weighted by molar-refractivity contribution is 0.186. The van der Waals surface area contributed by atoms with Crippen LogP contribution in [-0.2, 0) is 5.54 Å². The first-order valence-corrected chi connectivity index (χ1v) is 13.1. The van der Waals surface area contributed by atoms with E-state index in [1.165, 1.54) is 0 Å². The molecule has 11 nitrogen and oxygen atoms in total. The molecule has 0 unspecified atom stereocenters. The van der Waals surface area contributed by atoms with E-state index in [1.54, 1.807) is 32.4 Å². The van der Waals surface area contributed by atoms with Crippen LogP contribution in [0.2, 0.25) is 0 Å². The lowest BCUT2D eigenvalue weighted by Gasteiger charge is -2.40. The maximum Gasteiger partial charge on any atom is 0.253 e. The summed E-state index contributed by atoms with van der Waals surface area (Å²) in [5.74, 6) is 2.00. The van der Waals surface area contributed by atoms with Gasteiger partial charge < -0.3 is 24.5 Å². The highest BCUT2D eigenvalue weighted by atomic mass is 16.5. The quantitative estimate of drug-likeness (QED) is 0.351. The first kappa shape index (κ1) is 26.5. The second-order valence-corrected chi connectivity index (χ2v) is 10.4. The number of benzene rings is 2. The van der Waals surface area contributed by atoms with Crippen LogP contribution < -0.4 is 19.9 Å². The van der Waals surface area contributed by atoms with Gasteiger partial charge in [-0.25, -0.2) is 4.68 Å². The molecular weight excluding hydrogens is 498 g/mol. The Morgan fingerprint density at radius 3 is 2.33 bits per heavy atom. The smallest absolute Gasteiger partial charge is 0.253 e. The second kappa shape index (κ2) is 10.6. The van der Waals surface area contributed by atoms with Gasteiger partial charge in [-0.2, -0.15) is 0 Å². The van der Waals surface area contributed by atoms with Crippen molar-refractivity contribution >= 4 is 16.6 Å². The molecule has 1 atom stereocenters. The van der Waals surface area contributed by atoms with Gasteiger partial charge in [0, 0.05) is 48.9 Å². The number of methoxy groups -OCH3 is 2. The fourth-order valence-corrected chi connectivity index (χ4v) is 5.10. The van der Waals surface area contributed by atoms with E-state index in [4.69, 9.17) is 9.47 Å². The molecule has 2 aromatic carbocycles. The predicted octanol–water partition coefficient (Wildman–Crippen LogP) is 3.29. The SMILES string of the molecule is CCC(C)(C)n1nnnc1[C@H](c1cc2cc(OC)c(OC)cc2[nH]c1=O)N1CCN(c2ccc(O)cc2)CC1. The van der Waals surface area contributed by atoms with Crippen molar-refractivity contribution in [3.05, 3.63) is 64.2 Å². The number of rotatable bonds is 8. The number of aromatic nitrogens is 5. The zero-order chi connectivity index (χ0) is 27.7. The first-order valence-electron chi connectivity index (χ1n) is 13.1. The molecule has 0 amide bonds. The molecule has 5 rings (SSSR count). The maximum atomic E-state index is 13.6. The number of hydrogen-bond acceptors (Lipinski definition) is 9. The molecule has 0 saturated carbocycles. The van der Waals surface area contributed by atoms with Crippen molar-refractivity contribution in [1.82, 2.24) is 30.1 Å². The molecule has 3 heterocycles. The number of pyridine rings is 1. The molecule has 1 aliphatic rings. The van der Waals surface area contributed by atoms with E-state index in [1.807, 2.05) is 28.9 Å². The molecule has 1 fully saturated rings. The zero-order valence-electron chi connectivity index (χ0n) is 23.0. The number of tetrazole rings is 1. The molecule has 39 heavy (non-hydrogen) atoms. The summed E-state index contributed by atoms with van der Waals surface area (Å²) < 4.78 is 12.8. The van der Waals surface area contributed by atoms with Crippen molar-refractivity contribution in [3.8, 4) is 17.2 Å². The van der Waals surface area contributed by atoms with Gasteiger partial charge in [-0.15, -0.1) is 5.10 Å². The van der Waals surface area contributed by atoms with E-state index in [2.05, 4.69) is 51.1 Å². The summed E-state index contributed by atoms with van der Waals surface area (Å²) in [6.07, 6.45) is 0.817. The van der Waals surface area contributed by atoms with Crippen LogP contribution in [-0.4, -0.2) is 75.6 Å². The molecule has 206 valence electrons. The van der Waals surface area contributed by atoms with E-state index < -0.39 is 6.04 Å². The number of aromatic hydroxyl groups is 1. The van der Waals surface area contributed by atoms with E-state index in [0.29, 0.717) is 41.5 Å². The van der Waals surface area contributed by atoms with Crippen molar-refractivity contribution in [2.75, 3.05) is 45.3 Å². The van der Waals surface area contributed by atoms with Crippen LogP contribution in [0, 0.1) is 0 Å². The molecule has 4 aromatic rings. The molecule has 2 N–H and O–H groups in total. The molecule has 0 radical (unpaired) electrons. The number of ether oxygens (including phenoxy) is 2. The summed E-state index contributed by atoms with van der Waals surface area (Å²) in [5.41, 5.74) is 1.72. The Bertz CT molecular complexity index is 1500. The number of H-pyrrole nitrogens is 1. The topological polar surface area (TPSA) is 122 Å². The van der Waals surface area contributed by atoms with Crippen molar-refractivity contribution in [2.45, 2.75) is 38.8 Å². The van der Waals surface area contributed by atoms with Crippen molar-refractivity contribution in [1.29, 1.82) is 0 Å². The van der Waals surface area contributed by atoms with Crippen LogP contribution >= 0.6 is 0 Å². The van der Waals surface area contributed by atoms with Crippen LogP contribution in [0.15, 0.2) is 47.3 Å². The highest BCUT2D eigenvalue weighted by molar-refractivity contribution is 5.83. The Labute approximate surface area is 227 Å². The van der Waals surface area contributed by atoms with Crippen LogP contribution in [0.5, 0.6) is 17.2 Å². The summed E-state index contributed by atoms with van der Waals surface area (Å²) in [6, 6.07) is 12.3. The Kier molecular flexibility index (Phi) is 7.17. The minimum Gasteiger partial charge on any atom is -0.508 e. The fourth-order valence-electron chi connectivity index (χ4n) is 5.10. The third-order valence-electron chi connectivity index (χ3n) is 7.74. The zero-order valence-corrected chi connectivity index (χ0v) is 23.0. The van der Waals surface area contributed by atoms with E-state index in [-0.39, 0.29) is 16.8 Å². The standard InChI is InChI=1S/C28H35N7O4/c1-6-28(2,3)35-26(30-31-32-35)25(34-13-11-33(12-14-34)19-7-9-20(36)10-8-19)21-15-18-16-23(38-4)24(39-5)17-22(18)29-27(21)37/h7-10,15-17,25,36H,6,11-14H2,1-5H3,(H,29,37)/t25-/m0/s1. The van der Waals surface area contributed by atoms with Gasteiger partial charge in [0.1, 0.15) is 11.8 Å². The average Bonchev–Trinajstić information content (AvgIpc) is 3.44. The van der Waals surface area contributed by atoms with E-state index in [9.17, 15) is 9.90 Å². The van der Waals surface area contributed by atoms with Gasteiger partial charge in [0.2, 0.25) is 0 Å². The lowest BCUT2D eigenvalue weighted by atomic mass is 9.98. The van der Waals surface area contributed by atoms with Gasteiger partial charge in [0.05, 0.1) is 25.3 Å². The molecule has 1 saturated heterocycles. The summed E-state index contributed by atoms with van der Waals surface area (Å²) in [7, 11) is 3.16. The number of anilines is 1. The number of phenolic OH excluding ortho intramolecular Hbond substituents is 1. The largest absolute Gasteiger partial charge is 0.508 e. The number of nitrogens with zero attached hydrogens (tertiary/aromatic N) is 6. The van der Waals surface area contributed by atoms with Crippen LogP contribution in [0.3, 0.4) is 0 Å². The van der Waals surface area contributed by atoms with Crippen molar-refractivity contribution < 1.29 is 14.6 Å². The number of piperazine rings is 1. The molecule has 2 aromatic heterocycles. The third-order valence-corrected chi connectivity index (χ3v) is 7.74. The van der Waals surface area contributed by atoms with Gasteiger partial charge in [0.15, 0.2) is 17.3 Å². The Balaban J connectivity index is 1.58. The number of phenols is 1. The Hall–Kier alpha value is -4.12. The second-order valence-electron chi connectivity index (χ2n) is 10.4. The fraction of sp³-hybridized carbons (Fsp3) is 0.429. The third kappa shape index (κ3) is 5.01. The number of fused-ring (bicyclic) bond motifs is 1. The highest BCUT2D eigenvalue weighted by Crippen LogP contribution is 2.35. The predicted molar refractivity (Wildman–Crippen MR) is 149 cm³/mol. The minimum absolute atomic E-state index is 0.204.